The van der Waals surface area contributed by atoms with Crippen molar-refractivity contribution in [1.82, 2.24) is 0 Å². The molecular weight excluding hydrogens is 158 g/mol. The smallest absolute Gasteiger partial charge is 0.0774 e. The summed E-state index contributed by atoms with van der Waals surface area (Å²) < 4.78 is 0. The predicted octanol–water partition coefficient (Wildman–Crippen LogP) is 1.65. The van der Waals surface area contributed by atoms with Crippen molar-refractivity contribution in [2.75, 3.05) is 0 Å². The molecule has 0 bridgehead atoms. The summed E-state index contributed by atoms with van der Waals surface area (Å²) >= 11 is 1.56. The van der Waals surface area contributed by atoms with Crippen LogP contribution in [0.2, 0.25) is 0 Å². The lowest BCUT2D eigenvalue weighted by atomic mass is 10.1. The molecule has 0 spiro atoms. The number of rotatable bonds is 3. The Balaban J connectivity index is 2.71. The third-order valence-corrected chi connectivity index (χ3v) is 2.64. The van der Waals surface area contributed by atoms with Crippen LogP contribution >= 0.6 is 11.3 Å². The molecule has 1 aromatic rings. The molecule has 0 aromatic carbocycles. The zero-order chi connectivity index (χ0) is 8.27. The van der Waals surface area contributed by atoms with E-state index < -0.39 is 0 Å². The van der Waals surface area contributed by atoms with Crippen LogP contribution in [0.5, 0.6) is 0 Å². The van der Waals surface area contributed by atoms with Crippen molar-refractivity contribution in [3.8, 4) is 0 Å². The number of nitrogens with two attached hydrogens (primary N) is 1. The van der Waals surface area contributed by atoms with Gasteiger partial charge in [-0.05, 0) is 23.4 Å². The minimum Gasteiger partial charge on any atom is -0.391 e. The van der Waals surface area contributed by atoms with E-state index in [0.29, 0.717) is 0 Å². The molecule has 0 saturated heterocycles. The fourth-order valence-corrected chi connectivity index (χ4v) is 1.72. The van der Waals surface area contributed by atoms with Crippen molar-refractivity contribution in [2.24, 2.45) is 5.73 Å². The number of hydrogen-bond acceptors (Lipinski definition) is 3. The van der Waals surface area contributed by atoms with Gasteiger partial charge in [0.2, 0.25) is 0 Å². The van der Waals surface area contributed by atoms with E-state index in [2.05, 4.69) is 6.92 Å². The van der Waals surface area contributed by atoms with Gasteiger partial charge in [-0.1, -0.05) is 6.92 Å². The SMILES string of the molecule is CCC(N)c1csc(CO)c1. The first-order chi connectivity index (χ1) is 5.27. The molecule has 1 unspecified atom stereocenters. The van der Waals surface area contributed by atoms with Crippen LogP contribution in [0.15, 0.2) is 11.4 Å². The Morgan fingerprint density at radius 1 is 1.73 bits per heavy atom. The van der Waals surface area contributed by atoms with Gasteiger partial charge in [-0.3, -0.25) is 0 Å². The molecule has 1 aromatic heterocycles. The highest BCUT2D eigenvalue weighted by Crippen LogP contribution is 2.21. The van der Waals surface area contributed by atoms with Crippen LogP contribution in [0.3, 0.4) is 0 Å². The Hall–Kier alpha value is -0.380. The predicted molar refractivity (Wildman–Crippen MR) is 47.5 cm³/mol. The first kappa shape index (κ1) is 8.71. The van der Waals surface area contributed by atoms with Crippen molar-refractivity contribution in [3.05, 3.63) is 21.9 Å². The second-order valence-corrected chi connectivity index (χ2v) is 3.51. The summed E-state index contributed by atoms with van der Waals surface area (Å²) in [7, 11) is 0. The third kappa shape index (κ3) is 2.02. The Kier molecular flexibility index (Phi) is 3.05. The Morgan fingerprint density at radius 2 is 2.45 bits per heavy atom. The molecule has 11 heavy (non-hydrogen) atoms. The van der Waals surface area contributed by atoms with E-state index in [9.17, 15) is 0 Å². The van der Waals surface area contributed by atoms with Gasteiger partial charge in [0.1, 0.15) is 0 Å². The lowest BCUT2D eigenvalue weighted by Crippen LogP contribution is -2.06. The molecule has 0 aliphatic rings. The topological polar surface area (TPSA) is 46.2 Å². The molecule has 0 radical (unpaired) electrons. The monoisotopic (exact) mass is 171 g/mol. The van der Waals surface area contributed by atoms with Crippen LogP contribution in [0.25, 0.3) is 0 Å². The van der Waals surface area contributed by atoms with Crippen molar-refractivity contribution < 1.29 is 5.11 Å². The molecule has 0 aliphatic carbocycles. The molecule has 3 N–H and O–H groups in total. The van der Waals surface area contributed by atoms with Crippen molar-refractivity contribution in [1.29, 1.82) is 0 Å². The van der Waals surface area contributed by atoms with Crippen molar-refractivity contribution in [3.63, 3.8) is 0 Å². The molecule has 1 heterocycles. The average molecular weight is 171 g/mol. The minimum absolute atomic E-state index is 0.126. The van der Waals surface area contributed by atoms with Gasteiger partial charge in [-0.2, -0.15) is 0 Å². The second kappa shape index (κ2) is 3.85. The fourth-order valence-electron chi connectivity index (χ4n) is 0.911. The van der Waals surface area contributed by atoms with Gasteiger partial charge in [0.05, 0.1) is 6.61 Å². The molecule has 0 saturated carbocycles. The summed E-state index contributed by atoms with van der Waals surface area (Å²) in [6.07, 6.45) is 0.946. The molecule has 1 rings (SSSR count). The van der Waals surface area contributed by atoms with E-state index in [4.69, 9.17) is 10.8 Å². The molecular formula is C8H13NOS. The van der Waals surface area contributed by atoms with Gasteiger partial charge in [-0.25, -0.2) is 0 Å². The molecule has 3 heteroatoms. The fraction of sp³-hybridized carbons (Fsp3) is 0.500. The summed E-state index contributed by atoms with van der Waals surface area (Å²) in [5, 5.41) is 10.8. The highest BCUT2D eigenvalue weighted by Gasteiger charge is 2.05. The molecule has 1 atom stereocenters. The molecule has 0 amide bonds. The maximum Gasteiger partial charge on any atom is 0.0774 e. The lowest BCUT2D eigenvalue weighted by Gasteiger charge is -2.03. The van der Waals surface area contributed by atoms with Gasteiger partial charge >= 0.3 is 0 Å². The zero-order valence-electron chi connectivity index (χ0n) is 6.58. The average Bonchev–Trinajstić information content (AvgIpc) is 2.50. The number of hydrogen-bond donors (Lipinski definition) is 2. The van der Waals surface area contributed by atoms with E-state index in [1.165, 1.54) is 0 Å². The molecule has 2 nitrogen and oxygen atoms in total. The van der Waals surface area contributed by atoms with E-state index in [1.807, 2.05) is 11.4 Å². The van der Waals surface area contributed by atoms with Gasteiger partial charge in [-0.15, -0.1) is 11.3 Å². The largest absolute Gasteiger partial charge is 0.391 e. The second-order valence-electron chi connectivity index (χ2n) is 2.52. The maximum atomic E-state index is 8.78. The highest BCUT2D eigenvalue weighted by molar-refractivity contribution is 7.10. The van der Waals surface area contributed by atoms with Crippen molar-refractivity contribution in [2.45, 2.75) is 26.0 Å². The number of thiophene rings is 1. The van der Waals surface area contributed by atoms with Crippen LogP contribution in [-0.2, 0) is 6.61 Å². The Morgan fingerprint density at radius 3 is 2.91 bits per heavy atom. The van der Waals surface area contributed by atoms with E-state index in [0.717, 1.165) is 16.9 Å². The Labute approximate surface area is 70.7 Å². The van der Waals surface area contributed by atoms with Crippen LogP contribution in [0.4, 0.5) is 0 Å². The number of aliphatic hydroxyl groups excluding tert-OH is 1. The molecule has 62 valence electrons. The van der Waals surface area contributed by atoms with Crippen LogP contribution < -0.4 is 5.73 Å². The summed E-state index contributed by atoms with van der Waals surface area (Å²) in [6, 6.07) is 2.10. The molecule has 0 fully saturated rings. The van der Waals surface area contributed by atoms with Gasteiger partial charge in [0.15, 0.2) is 0 Å². The van der Waals surface area contributed by atoms with Gasteiger partial charge in [0, 0.05) is 10.9 Å². The van der Waals surface area contributed by atoms with E-state index >= 15 is 0 Å². The Bertz CT molecular complexity index is 222. The quantitative estimate of drug-likeness (QED) is 0.726. The van der Waals surface area contributed by atoms with E-state index in [-0.39, 0.29) is 12.6 Å². The van der Waals surface area contributed by atoms with E-state index in [1.54, 1.807) is 11.3 Å². The highest BCUT2D eigenvalue weighted by atomic mass is 32.1. The van der Waals surface area contributed by atoms with Crippen LogP contribution in [0.1, 0.15) is 29.8 Å². The van der Waals surface area contributed by atoms with Crippen LogP contribution in [0, 0.1) is 0 Å². The first-order valence-electron chi connectivity index (χ1n) is 3.71. The maximum absolute atomic E-state index is 8.78. The minimum atomic E-state index is 0.126. The first-order valence-corrected chi connectivity index (χ1v) is 4.59. The third-order valence-electron chi connectivity index (χ3n) is 1.70. The van der Waals surface area contributed by atoms with Crippen LogP contribution in [-0.4, -0.2) is 5.11 Å². The summed E-state index contributed by atoms with van der Waals surface area (Å²) in [5.41, 5.74) is 6.93. The standard InChI is InChI=1S/C8H13NOS/c1-2-8(9)6-3-7(4-10)11-5-6/h3,5,8,10H,2,4,9H2,1H3. The lowest BCUT2D eigenvalue weighted by molar-refractivity contribution is 0.285. The van der Waals surface area contributed by atoms with Gasteiger partial charge < -0.3 is 10.8 Å². The summed E-state index contributed by atoms with van der Waals surface area (Å²) in [4.78, 5) is 0.990. The normalized spacial score (nSPS) is 13.4. The van der Waals surface area contributed by atoms with Gasteiger partial charge in [0.25, 0.3) is 0 Å². The summed E-state index contributed by atoms with van der Waals surface area (Å²) in [5.74, 6) is 0. The van der Waals surface area contributed by atoms with Crippen molar-refractivity contribution >= 4 is 11.3 Å². The summed E-state index contributed by atoms with van der Waals surface area (Å²) in [6.45, 7) is 2.18. The zero-order valence-corrected chi connectivity index (χ0v) is 7.40. The number of aliphatic hydroxyl groups is 1. The molecule has 0 aliphatic heterocycles.